The normalized spacial score (nSPS) is 15.2. The standard InChI is InChI=1S/C25H20N2.C6H6.Pt/c1-2-25(24-12-6-8-16-27-24)21-10-4-3-9-19(21)20-14-13-18(17-22(20)25)23-11-5-7-15-26-23;1-2-4-6-5-3-1;/h3-17H,2H2,1H3;1-6H;/q;;+2. The number of hydrogen-bond donors (Lipinski definition) is 0. The molecule has 3 aromatic carbocycles. The summed E-state index contributed by atoms with van der Waals surface area (Å²) in [5, 5.41) is 0. The summed E-state index contributed by atoms with van der Waals surface area (Å²) in [4.78, 5) is 9.34. The van der Waals surface area contributed by atoms with Gasteiger partial charge in [0.05, 0.1) is 16.8 Å². The molecule has 0 N–H and O–H groups in total. The zero-order valence-corrected chi connectivity index (χ0v) is 21.3. The number of aromatic nitrogens is 2. The maximum atomic E-state index is 4.79. The van der Waals surface area contributed by atoms with Crippen LogP contribution in [0.1, 0.15) is 30.2 Å². The van der Waals surface area contributed by atoms with Gasteiger partial charge in [-0.15, -0.1) is 0 Å². The molecule has 2 nitrogen and oxygen atoms in total. The Bertz CT molecular complexity index is 1310. The van der Waals surface area contributed by atoms with Crippen molar-refractivity contribution in [2.24, 2.45) is 0 Å². The van der Waals surface area contributed by atoms with Crippen LogP contribution in [0.5, 0.6) is 0 Å². The summed E-state index contributed by atoms with van der Waals surface area (Å²) in [6.07, 6.45) is 4.71. The predicted molar refractivity (Wildman–Crippen MR) is 136 cm³/mol. The van der Waals surface area contributed by atoms with Gasteiger partial charge in [0.15, 0.2) is 0 Å². The summed E-state index contributed by atoms with van der Waals surface area (Å²) >= 11 is 0. The molecule has 1 atom stereocenters. The van der Waals surface area contributed by atoms with Gasteiger partial charge in [0.2, 0.25) is 0 Å². The Morgan fingerprint density at radius 3 is 1.82 bits per heavy atom. The van der Waals surface area contributed by atoms with E-state index in [1.54, 1.807) is 0 Å². The predicted octanol–water partition coefficient (Wildman–Crippen LogP) is 7.55. The average Bonchev–Trinajstić information content (AvgIpc) is 3.21. The molecule has 3 heteroatoms. The largest absolute Gasteiger partial charge is 2.00 e. The molecule has 0 radical (unpaired) electrons. The summed E-state index contributed by atoms with van der Waals surface area (Å²) in [7, 11) is 0. The van der Waals surface area contributed by atoms with E-state index in [2.05, 4.69) is 72.6 Å². The van der Waals surface area contributed by atoms with E-state index in [0.717, 1.165) is 23.4 Å². The quantitative estimate of drug-likeness (QED) is 0.208. The SMILES string of the molecule is CCC1(c2ccccn2)c2ccccc2-c2ccc(-c3ccccn3)cc21.[Pt+2].c1ccccc1. The van der Waals surface area contributed by atoms with Crippen LogP contribution in [0, 0.1) is 0 Å². The minimum Gasteiger partial charge on any atom is -0.260 e. The summed E-state index contributed by atoms with van der Waals surface area (Å²) in [5.41, 5.74) is 8.32. The van der Waals surface area contributed by atoms with E-state index in [0.29, 0.717) is 0 Å². The van der Waals surface area contributed by atoms with Gasteiger partial charge in [-0.05, 0) is 59.0 Å². The molecule has 0 aliphatic heterocycles. The van der Waals surface area contributed by atoms with E-state index >= 15 is 0 Å². The van der Waals surface area contributed by atoms with Gasteiger partial charge in [0.25, 0.3) is 0 Å². The first-order valence-corrected chi connectivity index (χ1v) is 11.4. The van der Waals surface area contributed by atoms with Crippen LogP contribution in [0.4, 0.5) is 0 Å². The zero-order valence-electron chi connectivity index (χ0n) is 19.0. The van der Waals surface area contributed by atoms with Gasteiger partial charge < -0.3 is 0 Å². The van der Waals surface area contributed by atoms with Crippen molar-refractivity contribution in [1.82, 2.24) is 9.97 Å². The van der Waals surface area contributed by atoms with Gasteiger partial charge in [0.1, 0.15) is 0 Å². The second kappa shape index (κ2) is 10.7. The molecular weight excluding hydrogens is 595 g/mol. The topological polar surface area (TPSA) is 25.8 Å². The van der Waals surface area contributed by atoms with Gasteiger partial charge in [-0.25, -0.2) is 0 Å². The van der Waals surface area contributed by atoms with Gasteiger partial charge in [0, 0.05) is 18.0 Å². The van der Waals surface area contributed by atoms with E-state index in [4.69, 9.17) is 4.98 Å². The van der Waals surface area contributed by atoms with Crippen LogP contribution in [-0.2, 0) is 26.5 Å². The number of fused-ring (bicyclic) bond motifs is 3. The van der Waals surface area contributed by atoms with Crippen molar-refractivity contribution in [2.75, 3.05) is 0 Å². The Labute approximate surface area is 216 Å². The fraction of sp³-hybridized carbons (Fsp3) is 0.0968. The van der Waals surface area contributed by atoms with Crippen LogP contribution in [0.25, 0.3) is 22.4 Å². The molecule has 0 fully saturated rings. The van der Waals surface area contributed by atoms with Crippen LogP contribution in [0.3, 0.4) is 0 Å². The van der Waals surface area contributed by atoms with Gasteiger partial charge in [-0.2, -0.15) is 0 Å². The molecular formula is C31H26N2Pt+2. The number of hydrogen-bond acceptors (Lipinski definition) is 2. The smallest absolute Gasteiger partial charge is 0.260 e. The first-order valence-electron chi connectivity index (χ1n) is 11.4. The monoisotopic (exact) mass is 621 g/mol. The van der Waals surface area contributed by atoms with E-state index in [1.165, 1.54) is 22.3 Å². The van der Waals surface area contributed by atoms with Crippen LogP contribution in [0.2, 0.25) is 0 Å². The van der Waals surface area contributed by atoms with E-state index in [1.807, 2.05) is 67.0 Å². The first-order chi connectivity index (χ1) is 16.3. The number of benzene rings is 3. The van der Waals surface area contributed by atoms with E-state index < -0.39 is 0 Å². The second-order valence-electron chi connectivity index (χ2n) is 8.15. The molecule has 1 unspecified atom stereocenters. The summed E-state index contributed by atoms with van der Waals surface area (Å²) in [5.74, 6) is 0. The molecule has 1 aliphatic carbocycles. The number of nitrogens with zero attached hydrogens (tertiary/aromatic N) is 2. The first kappa shape index (κ1) is 23.8. The van der Waals surface area contributed by atoms with Crippen molar-refractivity contribution in [3.05, 3.63) is 144 Å². The molecule has 0 bridgehead atoms. The van der Waals surface area contributed by atoms with Crippen molar-refractivity contribution in [2.45, 2.75) is 18.8 Å². The van der Waals surface area contributed by atoms with Crippen molar-refractivity contribution in [1.29, 1.82) is 0 Å². The minimum atomic E-state index is -0.224. The maximum Gasteiger partial charge on any atom is 2.00 e. The molecule has 0 saturated carbocycles. The van der Waals surface area contributed by atoms with Crippen molar-refractivity contribution >= 4 is 0 Å². The van der Waals surface area contributed by atoms with Gasteiger partial charge >= 0.3 is 21.1 Å². The summed E-state index contributed by atoms with van der Waals surface area (Å²) in [6, 6.07) is 39.8. The van der Waals surface area contributed by atoms with Crippen LogP contribution < -0.4 is 0 Å². The Morgan fingerprint density at radius 1 is 0.588 bits per heavy atom. The van der Waals surface area contributed by atoms with Gasteiger partial charge in [-0.3, -0.25) is 9.97 Å². The molecule has 0 amide bonds. The molecule has 6 rings (SSSR count). The Kier molecular flexibility index (Phi) is 7.50. The molecule has 2 heterocycles. The molecule has 168 valence electrons. The van der Waals surface area contributed by atoms with E-state index in [9.17, 15) is 0 Å². The van der Waals surface area contributed by atoms with Crippen molar-refractivity contribution in [3.63, 3.8) is 0 Å². The zero-order chi connectivity index (χ0) is 22.5. The molecule has 1 aliphatic rings. The fourth-order valence-corrected chi connectivity index (χ4v) is 4.90. The fourth-order valence-electron chi connectivity index (χ4n) is 4.90. The summed E-state index contributed by atoms with van der Waals surface area (Å²) in [6.45, 7) is 2.26. The van der Waals surface area contributed by atoms with Crippen molar-refractivity contribution < 1.29 is 21.1 Å². The molecule has 0 saturated heterocycles. The number of pyridine rings is 2. The molecule has 34 heavy (non-hydrogen) atoms. The number of rotatable bonds is 3. The summed E-state index contributed by atoms with van der Waals surface area (Å²) < 4.78 is 0. The third kappa shape index (κ3) is 4.27. The molecule has 0 spiro atoms. The van der Waals surface area contributed by atoms with Gasteiger partial charge in [-0.1, -0.05) is 91.9 Å². The Hall–Kier alpha value is -3.35. The van der Waals surface area contributed by atoms with Crippen LogP contribution in [0.15, 0.2) is 128 Å². The van der Waals surface area contributed by atoms with Crippen LogP contribution >= 0.6 is 0 Å². The maximum absolute atomic E-state index is 4.79. The Balaban J connectivity index is 0.000000344. The third-order valence-electron chi connectivity index (χ3n) is 6.42. The van der Waals surface area contributed by atoms with Crippen LogP contribution in [-0.4, -0.2) is 9.97 Å². The van der Waals surface area contributed by atoms with E-state index in [-0.39, 0.29) is 26.5 Å². The second-order valence-corrected chi connectivity index (χ2v) is 8.15. The van der Waals surface area contributed by atoms with Crippen molar-refractivity contribution in [3.8, 4) is 22.4 Å². The Morgan fingerprint density at radius 2 is 1.21 bits per heavy atom. The third-order valence-corrected chi connectivity index (χ3v) is 6.42. The average molecular weight is 622 g/mol. The minimum absolute atomic E-state index is 0. The molecule has 5 aromatic rings. The molecule has 2 aromatic heterocycles.